The molecule has 3 nitrogen and oxygen atoms in total. The molecular formula is C7H14N2OS. The van der Waals surface area contributed by atoms with Crippen LogP contribution < -0.4 is 5.73 Å². The lowest BCUT2D eigenvalue weighted by Crippen LogP contribution is -2.37. The summed E-state index contributed by atoms with van der Waals surface area (Å²) in [5.74, 6) is -0.352. The van der Waals surface area contributed by atoms with Crippen LogP contribution in [0.25, 0.3) is 0 Å². The maximum Gasteiger partial charge on any atom is 0.231 e. The molecule has 0 aromatic heterocycles. The summed E-state index contributed by atoms with van der Waals surface area (Å²) in [4.78, 5) is 13.1. The van der Waals surface area contributed by atoms with Crippen LogP contribution in [0.3, 0.4) is 0 Å². The van der Waals surface area contributed by atoms with Gasteiger partial charge in [-0.2, -0.15) is 0 Å². The number of thiocarbonyl (C=S) groups is 1. The molecule has 0 bridgehead atoms. The lowest BCUT2D eigenvalue weighted by atomic mass is 10.1. The Morgan fingerprint density at radius 3 is 2.45 bits per heavy atom. The minimum absolute atomic E-state index is 0.0139. The van der Waals surface area contributed by atoms with Gasteiger partial charge in [-0.1, -0.05) is 12.2 Å². The number of hydrogen-bond donors (Lipinski definition) is 1. The maximum absolute atomic E-state index is 11.3. The van der Waals surface area contributed by atoms with E-state index in [9.17, 15) is 4.79 Å². The molecule has 0 heterocycles. The maximum atomic E-state index is 11.3. The van der Waals surface area contributed by atoms with Gasteiger partial charge in [0.1, 0.15) is 0 Å². The van der Waals surface area contributed by atoms with Crippen molar-refractivity contribution in [2.75, 3.05) is 13.6 Å². The second-order valence-electron chi connectivity index (χ2n) is 2.48. The molecule has 11 heavy (non-hydrogen) atoms. The third-order valence-corrected chi connectivity index (χ3v) is 2.00. The van der Waals surface area contributed by atoms with Gasteiger partial charge in [0.05, 0.1) is 10.9 Å². The molecular weight excluding hydrogens is 160 g/mol. The largest absolute Gasteiger partial charge is 0.393 e. The van der Waals surface area contributed by atoms with Crippen LogP contribution in [0.2, 0.25) is 0 Å². The highest BCUT2D eigenvalue weighted by Gasteiger charge is 2.17. The van der Waals surface area contributed by atoms with Gasteiger partial charge in [0, 0.05) is 13.6 Å². The van der Waals surface area contributed by atoms with Crippen LogP contribution in [-0.4, -0.2) is 29.4 Å². The topological polar surface area (TPSA) is 46.3 Å². The van der Waals surface area contributed by atoms with Crippen LogP contribution in [0, 0.1) is 5.92 Å². The molecule has 0 aliphatic heterocycles. The first-order valence-electron chi connectivity index (χ1n) is 3.55. The molecule has 1 unspecified atom stereocenters. The molecule has 1 atom stereocenters. The van der Waals surface area contributed by atoms with Crippen molar-refractivity contribution in [1.82, 2.24) is 4.90 Å². The van der Waals surface area contributed by atoms with Crippen molar-refractivity contribution >= 4 is 23.1 Å². The summed E-state index contributed by atoms with van der Waals surface area (Å²) in [6.07, 6.45) is 0. The van der Waals surface area contributed by atoms with Gasteiger partial charge in [-0.05, 0) is 13.8 Å². The fourth-order valence-corrected chi connectivity index (χ4v) is 0.709. The van der Waals surface area contributed by atoms with E-state index in [1.807, 2.05) is 6.92 Å². The Labute approximate surface area is 72.5 Å². The zero-order chi connectivity index (χ0) is 9.02. The smallest absolute Gasteiger partial charge is 0.231 e. The fourth-order valence-electron chi connectivity index (χ4n) is 0.608. The quantitative estimate of drug-likeness (QED) is 0.629. The summed E-state index contributed by atoms with van der Waals surface area (Å²) in [6, 6.07) is 0. The third-order valence-electron chi connectivity index (χ3n) is 1.65. The van der Waals surface area contributed by atoms with E-state index >= 15 is 0 Å². The van der Waals surface area contributed by atoms with Crippen LogP contribution in [0.4, 0.5) is 0 Å². The molecule has 1 amide bonds. The Bertz CT molecular complexity index is 170. The zero-order valence-electron chi connectivity index (χ0n) is 7.13. The zero-order valence-corrected chi connectivity index (χ0v) is 7.94. The highest BCUT2D eigenvalue weighted by molar-refractivity contribution is 7.80. The van der Waals surface area contributed by atoms with Crippen LogP contribution in [0.1, 0.15) is 13.8 Å². The number of hydrogen-bond acceptors (Lipinski definition) is 2. The van der Waals surface area contributed by atoms with Gasteiger partial charge in [-0.25, -0.2) is 0 Å². The lowest BCUT2D eigenvalue weighted by molar-refractivity contribution is -0.131. The number of rotatable bonds is 3. The van der Waals surface area contributed by atoms with E-state index in [2.05, 4.69) is 0 Å². The van der Waals surface area contributed by atoms with Gasteiger partial charge >= 0.3 is 0 Å². The van der Waals surface area contributed by atoms with Crippen molar-refractivity contribution < 1.29 is 4.79 Å². The minimum Gasteiger partial charge on any atom is -0.393 e. The van der Waals surface area contributed by atoms with Gasteiger partial charge in [-0.3, -0.25) is 4.79 Å². The second-order valence-corrected chi connectivity index (χ2v) is 2.95. The van der Waals surface area contributed by atoms with Gasteiger partial charge in [-0.15, -0.1) is 0 Å². The summed E-state index contributed by atoms with van der Waals surface area (Å²) in [6.45, 7) is 4.31. The summed E-state index contributed by atoms with van der Waals surface area (Å²) >= 11 is 4.69. The summed E-state index contributed by atoms with van der Waals surface area (Å²) in [5, 5.41) is 0. The fraction of sp³-hybridized carbons (Fsp3) is 0.714. The highest BCUT2D eigenvalue weighted by Crippen LogP contribution is 2.00. The average molecular weight is 174 g/mol. The van der Waals surface area contributed by atoms with E-state index in [0.29, 0.717) is 6.54 Å². The molecule has 0 aliphatic rings. The highest BCUT2D eigenvalue weighted by atomic mass is 32.1. The molecule has 0 aromatic rings. The molecule has 0 rings (SSSR count). The van der Waals surface area contributed by atoms with E-state index in [0.717, 1.165) is 0 Å². The lowest BCUT2D eigenvalue weighted by Gasteiger charge is -2.18. The van der Waals surface area contributed by atoms with Crippen molar-refractivity contribution in [1.29, 1.82) is 0 Å². The van der Waals surface area contributed by atoms with Gasteiger partial charge in [0.25, 0.3) is 0 Å². The number of nitrogens with zero attached hydrogens (tertiary/aromatic N) is 1. The van der Waals surface area contributed by atoms with Gasteiger partial charge < -0.3 is 10.6 Å². The molecule has 0 radical (unpaired) electrons. The van der Waals surface area contributed by atoms with Gasteiger partial charge in [0.2, 0.25) is 5.91 Å². The SMILES string of the molecule is CCN(C)C(=O)C(C)C(N)=S. The first kappa shape index (κ1) is 10.4. The van der Waals surface area contributed by atoms with Crippen molar-refractivity contribution in [3.8, 4) is 0 Å². The van der Waals surface area contributed by atoms with E-state index in [-0.39, 0.29) is 16.8 Å². The molecule has 0 fully saturated rings. The Morgan fingerprint density at radius 2 is 2.18 bits per heavy atom. The summed E-state index contributed by atoms with van der Waals surface area (Å²) in [5.41, 5.74) is 5.31. The minimum atomic E-state index is -0.338. The van der Waals surface area contributed by atoms with E-state index in [4.69, 9.17) is 18.0 Å². The van der Waals surface area contributed by atoms with Crippen molar-refractivity contribution in [2.45, 2.75) is 13.8 Å². The average Bonchev–Trinajstić information content (AvgIpc) is 2.00. The van der Waals surface area contributed by atoms with Gasteiger partial charge in [0.15, 0.2) is 0 Å². The van der Waals surface area contributed by atoms with Crippen molar-refractivity contribution in [3.05, 3.63) is 0 Å². The predicted octanol–water partition coefficient (Wildman–Crippen LogP) is 0.387. The first-order chi connectivity index (χ1) is 5.00. The Hall–Kier alpha value is -0.640. The van der Waals surface area contributed by atoms with E-state index in [1.165, 1.54) is 0 Å². The molecule has 0 saturated carbocycles. The standard InChI is InChI=1S/C7H14N2OS/c1-4-9(3)7(10)5(2)6(8)11/h5H,4H2,1-3H3,(H2,8,11). The number of amides is 1. The molecule has 4 heteroatoms. The Balaban J connectivity index is 4.13. The second kappa shape index (κ2) is 4.28. The van der Waals surface area contributed by atoms with Crippen molar-refractivity contribution in [3.63, 3.8) is 0 Å². The molecule has 0 aromatic carbocycles. The molecule has 2 N–H and O–H groups in total. The van der Waals surface area contributed by atoms with Crippen LogP contribution >= 0.6 is 12.2 Å². The third kappa shape index (κ3) is 2.84. The number of nitrogens with two attached hydrogens (primary N) is 1. The molecule has 0 aliphatic carbocycles. The molecule has 0 saturated heterocycles. The summed E-state index contributed by atoms with van der Waals surface area (Å²) in [7, 11) is 1.73. The molecule has 0 spiro atoms. The van der Waals surface area contributed by atoms with E-state index in [1.54, 1.807) is 18.9 Å². The normalized spacial score (nSPS) is 12.3. The summed E-state index contributed by atoms with van der Waals surface area (Å²) < 4.78 is 0. The van der Waals surface area contributed by atoms with E-state index < -0.39 is 0 Å². The number of carbonyl (C=O) groups excluding carboxylic acids is 1. The van der Waals surface area contributed by atoms with Crippen LogP contribution in [-0.2, 0) is 4.79 Å². The van der Waals surface area contributed by atoms with Crippen molar-refractivity contribution in [2.24, 2.45) is 11.7 Å². The Kier molecular flexibility index (Phi) is 4.03. The van der Waals surface area contributed by atoms with Crippen LogP contribution in [0.5, 0.6) is 0 Å². The number of carbonyl (C=O) groups is 1. The predicted molar refractivity (Wildman–Crippen MR) is 49.3 cm³/mol. The van der Waals surface area contributed by atoms with Crippen LogP contribution in [0.15, 0.2) is 0 Å². The Morgan fingerprint density at radius 1 is 1.73 bits per heavy atom. The first-order valence-corrected chi connectivity index (χ1v) is 3.95. The molecule has 64 valence electrons. The monoisotopic (exact) mass is 174 g/mol.